The van der Waals surface area contributed by atoms with Crippen molar-refractivity contribution in [2.75, 3.05) is 19.8 Å². The highest BCUT2D eigenvalue weighted by Gasteiger charge is 2.31. The standard InChI is InChI=1S/C18H22N2O3/c21-18(16-9-13-3-1-2-4-14(13)19-16)20-15-7-8-22-11-17(15)23-10-12-5-6-12/h1-4,9,12,15,17,19H,5-8,10-11H2,(H,20,21)/t15-,17-/m1/s1. The van der Waals surface area contributed by atoms with Gasteiger partial charge in [0.1, 0.15) is 11.8 Å². The molecule has 23 heavy (non-hydrogen) atoms. The molecule has 1 aromatic heterocycles. The number of hydrogen-bond donors (Lipinski definition) is 2. The molecule has 4 rings (SSSR count). The Balaban J connectivity index is 1.42. The molecule has 2 atom stereocenters. The van der Waals surface area contributed by atoms with Gasteiger partial charge < -0.3 is 19.8 Å². The van der Waals surface area contributed by atoms with Crippen LogP contribution in [-0.4, -0.2) is 42.9 Å². The van der Waals surface area contributed by atoms with Gasteiger partial charge in [0, 0.05) is 24.1 Å². The number of para-hydroxylation sites is 1. The third kappa shape index (κ3) is 3.41. The van der Waals surface area contributed by atoms with E-state index in [1.54, 1.807) is 0 Å². The molecule has 5 heteroatoms. The second-order valence-electron chi connectivity index (χ2n) is 6.53. The summed E-state index contributed by atoms with van der Waals surface area (Å²) < 4.78 is 11.5. The van der Waals surface area contributed by atoms with E-state index < -0.39 is 0 Å². The van der Waals surface area contributed by atoms with Crippen LogP contribution in [0.2, 0.25) is 0 Å². The van der Waals surface area contributed by atoms with Crippen molar-refractivity contribution in [3.63, 3.8) is 0 Å². The van der Waals surface area contributed by atoms with Gasteiger partial charge in [0.15, 0.2) is 0 Å². The molecular formula is C18H22N2O3. The molecule has 0 spiro atoms. The normalized spacial score (nSPS) is 24.7. The van der Waals surface area contributed by atoms with E-state index in [-0.39, 0.29) is 18.1 Å². The molecule has 1 aliphatic carbocycles. The SMILES string of the molecule is O=C(N[C@@H]1CCOC[C@H]1OCC1CC1)c1cc2ccccc2[nH]1. The lowest BCUT2D eigenvalue weighted by Gasteiger charge is -2.32. The number of carbonyl (C=O) groups excluding carboxylic acids is 1. The van der Waals surface area contributed by atoms with Crippen LogP contribution in [-0.2, 0) is 9.47 Å². The largest absolute Gasteiger partial charge is 0.379 e. The topological polar surface area (TPSA) is 63.4 Å². The molecule has 1 amide bonds. The van der Waals surface area contributed by atoms with Gasteiger partial charge in [-0.05, 0) is 37.3 Å². The van der Waals surface area contributed by atoms with Gasteiger partial charge in [0.05, 0.1) is 12.6 Å². The summed E-state index contributed by atoms with van der Waals surface area (Å²) in [5.41, 5.74) is 1.57. The van der Waals surface area contributed by atoms with E-state index in [0.29, 0.717) is 24.8 Å². The van der Waals surface area contributed by atoms with Gasteiger partial charge in [-0.1, -0.05) is 18.2 Å². The van der Waals surface area contributed by atoms with Crippen LogP contribution in [0.25, 0.3) is 10.9 Å². The Bertz CT molecular complexity index is 659. The predicted octanol–water partition coefficient (Wildman–Crippen LogP) is 2.48. The van der Waals surface area contributed by atoms with Crippen molar-refractivity contribution in [1.29, 1.82) is 0 Å². The maximum Gasteiger partial charge on any atom is 0.268 e. The smallest absolute Gasteiger partial charge is 0.268 e. The summed E-state index contributed by atoms with van der Waals surface area (Å²) >= 11 is 0. The van der Waals surface area contributed by atoms with Crippen LogP contribution in [0, 0.1) is 5.92 Å². The molecule has 2 fully saturated rings. The molecule has 1 saturated carbocycles. The summed E-state index contributed by atoms with van der Waals surface area (Å²) in [6.45, 7) is 2.01. The number of benzene rings is 1. The lowest BCUT2D eigenvalue weighted by molar-refractivity contribution is -0.0697. The van der Waals surface area contributed by atoms with Gasteiger partial charge in [-0.2, -0.15) is 0 Å². The molecule has 1 aromatic carbocycles. The summed E-state index contributed by atoms with van der Waals surface area (Å²) in [4.78, 5) is 15.7. The van der Waals surface area contributed by atoms with Crippen LogP contribution in [0.15, 0.2) is 30.3 Å². The minimum absolute atomic E-state index is 0.0152. The number of fused-ring (bicyclic) bond motifs is 1. The van der Waals surface area contributed by atoms with E-state index in [4.69, 9.17) is 9.47 Å². The molecule has 2 heterocycles. The lowest BCUT2D eigenvalue weighted by Crippen LogP contribution is -2.50. The van der Waals surface area contributed by atoms with Crippen molar-refractivity contribution < 1.29 is 14.3 Å². The highest BCUT2D eigenvalue weighted by Crippen LogP contribution is 2.30. The van der Waals surface area contributed by atoms with Crippen LogP contribution < -0.4 is 5.32 Å². The summed E-state index contributed by atoms with van der Waals surface area (Å²) in [6, 6.07) is 9.81. The molecular weight excluding hydrogens is 292 g/mol. The summed E-state index contributed by atoms with van der Waals surface area (Å²) in [5.74, 6) is 0.634. The van der Waals surface area contributed by atoms with Crippen molar-refractivity contribution in [3.8, 4) is 0 Å². The van der Waals surface area contributed by atoms with Gasteiger partial charge >= 0.3 is 0 Å². The van der Waals surface area contributed by atoms with Crippen LogP contribution in [0.5, 0.6) is 0 Å². The number of H-pyrrole nitrogens is 1. The first-order valence-electron chi connectivity index (χ1n) is 8.37. The molecule has 2 aliphatic rings. The number of aromatic nitrogens is 1. The summed E-state index contributed by atoms with van der Waals surface area (Å²) in [6.07, 6.45) is 3.28. The first-order chi connectivity index (χ1) is 11.3. The minimum Gasteiger partial charge on any atom is -0.379 e. The number of nitrogens with one attached hydrogen (secondary N) is 2. The van der Waals surface area contributed by atoms with E-state index in [1.807, 2.05) is 30.3 Å². The van der Waals surface area contributed by atoms with Crippen molar-refractivity contribution in [2.24, 2.45) is 5.92 Å². The Morgan fingerprint density at radius 2 is 2.17 bits per heavy atom. The van der Waals surface area contributed by atoms with Crippen LogP contribution in [0.1, 0.15) is 29.8 Å². The maximum absolute atomic E-state index is 12.5. The summed E-state index contributed by atoms with van der Waals surface area (Å²) in [7, 11) is 0. The van der Waals surface area contributed by atoms with Crippen LogP contribution in [0.3, 0.4) is 0 Å². The minimum atomic E-state index is -0.0758. The number of ether oxygens (including phenoxy) is 2. The average molecular weight is 314 g/mol. The zero-order valence-electron chi connectivity index (χ0n) is 13.1. The van der Waals surface area contributed by atoms with Gasteiger partial charge in [0.2, 0.25) is 0 Å². The van der Waals surface area contributed by atoms with Crippen molar-refractivity contribution in [1.82, 2.24) is 10.3 Å². The van der Waals surface area contributed by atoms with Gasteiger partial charge in [-0.25, -0.2) is 0 Å². The van der Waals surface area contributed by atoms with Gasteiger partial charge in [-0.3, -0.25) is 4.79 Å². The summed E-state index contributed by atoms with van der Waals surface area (Å²) in [5, 5.41) is 4.16. The van der Waals surface area contributed by atoms with E-state index in [2.05, 4.69) is 10.3 Å². The second-order valence-corrected chi connectivity index (χ2v) is 6.53. The highest BCUT2D eigenvalue weighted by atomic mass is 16.5. The number of hydrogen-bond acceptors (Lipinski definition) is 3. The Hall–Kier alpha value is -1.85. The van der Waals surface area contributed by atoms with Crippen molar-refractivity contribution >= 4 is 16.8 Å². The fourth-order valence-corrected chi connectivity index (χ4v) is 3.03. The highest BCUT2D eigenvalue weighted by molar-refractivity contribution is 5.98. The molecule has 0 radical (unpaired) electrons. The zero-order chi connectivity index (χ0) is 15.6. The first-order valence-corrected chi connectivity index (χ1v) is 8.37. The maximum atomic E-state index is 12.5. The molecule has 2 aromatic rings. The average Bonchev–Trinajstić information content (AvgIpc) is 3.30. The van der Waals surface area contributed by atoms with Crippen LogP contribution >= 0.6 is 0 Å². The molecule has 0 unspecified atom stereocenters. The molecule has 2 N–H and O–H groups in total. The van der Waals surface area contributed by atoms with E-state index in [0.717, 1.165) is 23.9 Å². The van der Waals surface area contributed by atoms with E-state index >= 15 is 0 Å². The monoisotopic (exact) mass is 314 g/mol. The van der Waals surface area contributed by atoms with E-state index in [1.165, 1.54) is 12.8 Å². The number of rotatable bonds is 5. The van der Waals surface area contributed by atoms with Crippen LogP contribution in [0.4, 0.5) is 0 Å². The fraction of sp³-hybridized carbons (Fsp3) is 0.500. The Kier molecular flexibility index (Phi) is 4.06. The van der Waals surface area contributed by atoms with Crippen molar-refractivity contribution in [3.05, 3.63) is 36.0 Å². The van der Waals surface area contributed by atoms with E-state index in [9.17, 15) is 4.79 Å². The van der Waals surface area contributed by atoms with Gasteiger partial charge in [-0.15, -0.1) is 0 Å². The third-order valence-electron chi connectivity index (χ3n) is 4.64. The number of carbonyl (C=O) groups is 1. The Morgan fingerprint density at radius 1 is 1.30 bits per heavy atom. The second kappa shape index (κ2) is 6.34. The molecule has 122 valence electrons. The molecule has 1 aliphatic heterocycles. The third-order valence-corrected chi connectivity index (χ3v) is 4.64. The zero-order valence-corrected chi connectivity index (χ0v) is 13.1. The molecule has 0 bridgehead atoms. The quantitative estimate of drug-likeness (QED) is 0.891. The predicted molar refractivity (Wildman–Crippen MR) is 87.5 cm³/mol. The van der Waals surface area contributed by atoms with Gasteiger partial charge in [0.25, 0.3) is 5.91 Å². The Labute approximate surface area is 135 Å². The Morgan fingerprint density at radius 3 is 3.00 bits per heavy atom. The van der Waals surface area contributed by atoms with Crippen molar-refractivity contribution in [2.45, 2.75) is 31.4 Å². The first kappa shape index (κ1) is 14.7. The number of aromatic amines is 1. The number of amides is 1. The molecule has 5 nitrogen and oxygen atoms in total. The molecule has 1 saturated heterocycles. The lowest BCUT2D eigenvalue weighted by atomic mass is 10.1. The fourth-order valence-electron chi connectivity index (χ4n) is 3.03.